The number of hydrogen-bond acceptors (Lipinski definition) is 1. The molecular formula is C18H30NO+. The zero-order chi connectivity index (χ0) is 14.6. The van der Waals surface area contributed by atoms with Crippen LogP contribution in [-0.2, 0) is 4.74 Å². The molecule has 0 unspecified atom stereocenters. The second-order valence-corrected chi connectivity index (χ2v) is 6.56. The molecule has 0 aromatic heterocycles. The Morgan fingerprint density at radius 3 is 2.65 bits per heavy atom. The zero-order valence-electron chi connectivity index (χ0n) is 13.3. The van der Waals surface area contributed by atoms with E-state index in [4.69, 9.17) is 4.74 Å². The molecule has 1 heterocycles. The fourth-order valence-electron chi connectivity index (χ4n) is 3.47. The molecule has 1 fully saturated rings. The van der Waals surface area contributed by atoms with Crippen LogP contribution in [0.4, 0.5) is 0 Å². The van der Waals surface area contributed by atoms with Crippen molar-refractivity contribution < 1.29 is 10.5 Å². The SMILES string of the molecule is CC[C@@]1(C)C[C@@H]([C@@H](CC[NH3+])c2ccc(C)cc2)CCO1. The Balaban J connectivity index is 2.17. The van der Waals surface area contributed by atoms with Gasteiger partial charge in [-0.25, -0.2) is 0 Å². The van der Waals surface area contributed by atoms with Gasteiger partial charge in [0.2, 0.25) is 0 Å². The first-order valence-corrected chi connectivity index (χ1v) is 8.08. The average Bonchev–Trinajstić information content (AvgIpc) is 2.46. The van der Waals surface area contributed by atoms with E-state index in [2.05, 4.69) is 50.8 Å². The van der Waals surface area contributed by atoms with Crippen molar-refractivity contribution in [2.45, 2.75) is 58.0 Å². The molecule has 2 rings (SSSR count). The predicted molar refractivity (Wildman–Crippen MR) is 83.7 cm³/mol. The first-order valence-electron chi connectivity index (χ1n) is 8.08. The number of ether oxygens (including phenoxy) is 1. The van der Waals surface area contributed by atoms with Gasteiger partial charge in [0, 0.05) is 13.0 Å². The van der Waals surface area contributed by atoms with Crippen LogP contribution in [-0.4, -0.2) is 18.8 Å². The van der Waals surface area contributed by atoms with E-state index in [-0.39, 0.29) is 5.60 Å². The van der Waals surface area contributed by atoms with Crippen LogP contribution < -0.4 is 5.73 Å². The molecule has 0 aliphatic carbocycles. The Morgan fingerprint density at radius 2 is 2.05 bits per heavy atom. The van der Waals surface area contributed by atoms with E-state index < -0.39 is 0 Å². The van der Waals surface area contributed by atoms with Gasteiger partial charge in [0.15, 0.2) is 0 Å². The van der Waals surface area contributed by atoms with Crippen LogP contribution in [0.3, 0.4) is 0 Å². The summed E-state index contributed by atoms with van der Waals surface area (Å²) in [6.07, 6.45) is 4.66. The molecule has 3 N–H and O–H groups in total. The van der Waals surface area contributed by atoms with Crippen LogP contribution in [0.5, 0.6) is 0 Å². The van der Waals surface area contributed by atoms with Gasteiger partial charge in [-0.3, -0.25) is 0 Å². The molecule has 1 aromatic rings. The predicted octanol–water partition coefficient (Wildman–Crippen LogP) is 3.31. The van der Waals surface area contributed by atoms with E-state index in [0.29, 0.717) is 5.92 Å². The molecule has 1 saturated heterocycles. The molecule has 2 nitrogen and oxygen atoms in total. The Morgan fingerprint density at radius 1 is 1.35 bits per heavy atom. The van der Waals surface area contributed by atoms with Crippen molar-refractivity contribution in [1.29, 1.82) is 0 Å². The second kappa shape index (κ2) is 6.73. The maximum absolute atomic E-state index is 6.01. The molecule has 2 heteroatoms. The third kappa shape index (κ3) is 3.62. The Labute approximate surface area is 123 Å². The maximum Gasteiger partial charge on any atom is 0.0745 e. The normalized spacial score (nSPS) is 28.3. The lowest BCUT2D eigenvalue weighted by atomic mass is 9.74. The summed E-state index contributed by atoms with van der Waals surface area (Å²) in [5.74, 6) is 1.38. The molecular weight excluding hydrogens is 246 g/mol. The van der Waals surface area contributed by atoms with Crippen molar-refractivity contribution in [3.63, 3.8) is 0 Å². The number of aryl methyl sites for hydroxylation is 1. The summed E-state index contributed by atoms with van der Waals surface area (Å²) < 4.78 is 6.01. The van der Waals surface area contributed by atoms with Crippen molar-refractivity contribution in [1.82, 2.24) is 0 Å². The van der Waals surface area contributed by atoms with Gasteiger partial charge in [-0.15, -0.1) is 0 Å². The van der Waals surface area contributed by atoms with Crippen LogP contribution in [0, 0.1) is 12.8 Å². The monoisotopic (exact) mass is 276 g/mol. The highest BCUT2D eigenvalue weighted by atomic mass is 16.5. The van der Waals surface area contributed by atoms with Crippen molar-refractivity contribution in [3.05, 3.63) is 35.4 Å². The van der Waals surface area contributed by atoms with Gasteiger partial charge in [-0.1, -0.05) is 36.8 Å². The largest absolute Gasteiger partial charge is 0.375 e. The maximum atomic E-state index is 6.01. The van der Waals surface area contributed by atoms with Crippen LogP contribution in [0.2, 0.25) is 0 Å². The van der Waals surface area contributed by atoms with E-state index in [1.807, 2.05) is 0 Å². The molecule has 1 aliphatic heterocycles. The molecule has 0 radical (unpaired) electrons. The lowest BCUT2D eigenvalue weighted by molar-refractivity contribution is -0.369. The second-order valence-electron chi connectivity index (χ2n) is 6.56. The van der Waals surface area contributed by atoms with Gasteiger partial charge in [0.25, 0.3) is 0 Å². The van der Waals surface area contributed by atoms with Crippen LogP contribution in [0.25, 0.3) is 0 Å². The summed E-state index contributed by atoms with van der Waals surface area (Å²) in [5, 5.41) is 0. The molecule has 0 amide bonds. The van der Waals surface area contributed by atoms with Crippen LogP contribution in [0.15, 0.2) is 24.3 Å². The van der Waals surface area contributed by atoms with Gasteiger partial charge in [-0.2, -0.15) is 0 Å². The van der Waals surface area contributed by atoms with Gasteiger partial charge in [0.1, 0.15) is 0 Å². The molecule has 20 heavy (non-hydrogen) atoms. The van der Waals surface area contributed by atoms with Gasteiger partial charge in [-0.05, 0) is 50.5 Å². The number of quaternary nitrogens is 1. The molecule has 1 aliphatic rings. The quantitative estimate of drug-likeness (QED) is 0.880. The molecule has 3 atom stereocenters. The van der Waals surface area contributed by atoms with Gasteiger partial charge >= 0.3 is 0 Å². The molecule has 0 spiro atoms. The van der Waals surface area contributed by atoms with Crippen molar-refractivity contribution in [2.75, 3.05) is 13.2 Å². The third-order valence-corrected chi connectivity index (χ3v) is 4.97. The highest BCUT2D eigenvalue weighted by molar-refractivity contribution is 5.25. The van der Waals surface area contributed by atoms with Crippen molar-refractivity contribution >= 4 is 0 Å². The summed E-state index contributed by atoms with van der Waals surface area (Å²) in [6, 6.07) is 9.11. The zero-order valence-corrected chi connectivity index (χ0v) is 13.3. The summed E-state index contributed by atoms with van der Waals surface area (Å²) in [4.78, 5) is 0. The number of rotatable bonds is 5. The van der Waals surface area contributed by atoms with E-state index in [9.17, 15) is 0 Å². The van der Waals surface area contributed by atoms with E-state index in [1.165, 1.54) is 30.4 Å². The Hall–Kier alpha value is -0.860. The summed E-state index contributed by atoms with van der Waals surface area (Å²) in [5.41, 5.74) is 7.00. The minimum atomic E-state index is 0.0764. The minimum Gasteiger partial charge on any atom is -0.375 e. The average molecular weight is 276 g/mol. The van der Waals surface area contributed by atoms with E-state index >= 15 is 0 Å². The highest BCUT2D eigenvalue weighted by Gasteiger charge is 2.35. The van der Waals surface area contributed by atoms with E-state index in [0.717, 1.165) is 25.5 Å². The fraction of sp³-hybridized carbons (Fsp3) is 0.667. The number of hydrogen-bond donors (Lipinski definition) is 1. The van der Waals surface area contributed by atoms with Crippen LogP contribution in [0.1, 0.15) is 56.6 Å². The van der Waals surface area contributed by atoms with E-state index in [1.54, 1.807) is 0 Å². The van der Waals surface area contributed by atoms with Crippen molar-refractivity contribution in [2.24, 2.45) is 5.92 Å². The van der Waals surface area contributed by atoms with Crippen LogP contribution >= 0.6 is 0 Å². The summed E-state index contributed by atoms with van der Waals surface area (Å²) in [7, 11) is 0. The van der Waals surface area contributed by atoms with Gasteiger partial charge in [0.05, 0.1) is 12.1 Å². The molecule has 1 aromatic carbocycles. The Bertz CT molecular complexity index is 414. The lowest BCUT2D eigenvalue weighted by Crippen LogP contribution is -2.51. The third-order valence-electron chi connectivity index (χ3n) is 4.97. The fourth-order valence-corrected chi connectivity index (χ4v) is 3.47. The molecule has 0 bridgehead atoms. The smallest absolute Gasteiger partial charge is 0.0745 e. The Kier molecular flexibility index (Phi) is 5.22. The lowest BCUT2D eigenvalue weighted by Gasteiger charge is -2.41. The minimum absolute atomic E-state index is 0.0764. The first-order chi connectivity index (χ1) is 9.58. The topological polar surface area (TPSA) is 36.9 Å². The molecule has 0 saturated carbocycles. The van der Waals surface area contributed by atoms with Crippen molar-refractivity contribution in [3.8, 4) is 0 Å². The molecule has 112 valence electrons. The first kappa shape index (κ1) is 15.5. The highest BCUT2D eigenvalue weighted by Crippen LogP contribution is 2.41. The number of benzene rings is 1. The summed E-state index contributed by atoms with van der Waals surface area (Å²) >= 11 is 0. The summed E-state index contributed by atoms with van der Waals surface area (Å²) in [6.45, 7) is 8.59. The van der Waals surface area contributed by atoms with Gasteiger partial charge < -0.3 is 10.5 Å². The standard InChI is InChI=1S/C18H29NO/c1-4-18(3)13-16(10-12-20-18)17(9-11-19)15-7-5-14(2)6-8-15/h5-8,16-17H,4,9-13,19H2,1-3H3/p+1/t16-,17-,18-/m0/s1.